The molecular weight excluding hydrogens is 292 g/mol. The van der Waals surface area contributed by atoms with Gasteiger partial charge < -0.3 is 10.4 Å². The van der Waals surface area contributed by atoms with E-state index in [-0.39, 0.29) is 17.3 Å². The lowest BCUT2D eigenvalue weighted by atomic mass is 10.2. The van der Waals surface area contributed by atoms with Crippen LogP contribution in [0.3, 0.4) is 0 Å². The number of aryl methyl sites for hydroxylation is 1. The van der Waals surface area contributed by atoms with Crippen molar-refractivity contribution in [1.29, 1.82) is 0 Å². The molecule has 1 aromatic carbocycles. The van der Waals surface area contributed by atoms with Crippen molar-refractivity contribution in [3.8, 4) is 5.75 Å². The number of carbonyl (C=O) groups excluding carboxylic acids is 1. The number of rotatable bonds is 2. The number of aromatic amines is 1. The summed E-state index contributed by atoms with van der Waals surface area (Å²) in [6, 6.07) is 6.12. The van der Waals surface area contributed by atoms with Crippen molar-refractivity contribution in [2.24, 2.45) is 0 Å². The van der Waals surface area contributed by atoms with E-state index in [1.807, 2.05) is 6.92 Å². The maximum absolute atomic E-state index is 12.2. The van der Waals surface area contributed by atoms with Crippen molar-refractivity contribution in [3.05, 3.63) is 46.7 Å². The molecule has 21 heavy (non-hydrogen) atoms. The number of aromatic nitrogens is 3. The highest BCUT2D eigenvalue weighted by Gasteiger charge is 2.12. The average molecular weight is 303 g/mol. The number of H-pyrrole nitrogens is 1. The summed E-state index contributed by atoms with van der Waals surface area (Å²) < 4.78 is 0. The standard InChI is InChI=1S/C14H11ClN4O2/c1-7-10-4-8(6-16-13(10)19-18-7)14(21)17-11-5-9(15)2-3-12(11)20/h2-6,20H,1H3,(H,17,21)(H,16,18,19). The molecule has 0 unspecified atom stereocenters. The second kappa shape index (κ2) is 5.06. The van der Waals surface area contributed by atoms with Crippen molar-refractivity contribution in [1.82, 2.24) is 15.2 Å². The fourth-order valence-electron chi connectivity index (χ4n) is 1.95. The summed E-state index contributed by atoms with van der Waals surface area (Å²) in [5, 5.41) is 20.3. The van der Waals surface area contributed by atoms with Gasteiger partial charge in [-0.2, -0.15) is 5.10 Å². The summed E-state index contributed by atoms with van der Waals surface area (Å²) in [4.78, 5) is 16.4. The van der Waals surface area contributed by atoms with Crippen molar-refractivity contribution in [2.45, 2.75) is 6.92 Å². The van der Waals surface area contributed by atoms with Crippen LogP contribution in [0, 0.1) is 6.92 Å². The summed E-state index contributed by atoms with van der Waals surface area (Å²) in [6.07, 6.45) is 1.44. The largest absolute Gasteiger partial charge is 0.506 e. The maximum atomic E-state index is 12.2. The summed E-state index contributed by atoms with van der Waals surface area (Å²) in [7, 11) is 0. The van der Waals surface area contributed by atoms with Crippen LogP contribution in [-0.4, -0.2) is 26.2 Å². The van der Waals surface area contributed by atoms with Gasteiger partial charge in [0.25, 0.3) is 5.91 Å². The van der Waals surface area contributed by atoms with Crippen LogP contribution < -0.4 is 5.32 Å². The quantitative estimate of drug-likeness (QED) is 0.635. The minimum atomic E-state index is -0.387. The Hall–Kier alpha value is -2.60. The van der Waals surface area contributed by atoms with Gasteiger partial charge in [0.1, 0.15) is 5.75 Å². The summed E-state index contributed by atoms with van der Waals surface area (Å²) >= 11 is 5.84. The lowest BCUT2D eigenvalue weighted by Gasteiger charge is -2.07. The third-order valence-electron chi connectivity index (χ3n) is 3.08. The number of anilines is 1. The molecule has 0 aliphatic heterocycles. The first kappa shape index (κ1) is 13.4. The highest BCUT2D eigenvalue weighted by molar-refractivity contribution is 6.31. The van der Waals surface area contributed by atoms with Gasteiger partial charge in [0.15, 0.2) is 5.65 Å². The predicted molar refractivity (Wildman–Crippen MR) is 79.7 cm³/mol. The molecule has 7 heteroatoms. The van der Waals surface area contributed by atoms with Gasteiger partial charge in [-0.25, -0.2) is 4.98 Å². The number of hydrogen-bond donors (Lipinski definition) is 3. The molecule has 6 nitrogen and oxygen atoms in total. The molecule has 0 bridgehead atoms. The molecule has 2 heterocycles. The Balaban J connectivity index is 1.93. The van der Waals surface area contributed by atoms with E-state index in [2.05, 4.69) is 20.5 Å². The minimum absolute atomic E-state index is 0.0544. The van der Waals surface area contributed by atoms with Gasteiger partial charge in [-0.05, 0) is 31.2 Å². The van der Waals surface area contributed by atoms with Crippen LogP contribution in [0.4, 0.5) is 5.69 Å². The van der Waals surface area contributed by atoms with E-state index in [0.717, 1.165) is 11.1 Å². The van der Waals surface area contributed by atoms with E-state index < -0.39 is 0 Å². The molecule has 0 aliphatic carbocycles. The van der Waals surface area contributed by atoms with Crippen molar-refractivity contribution < 1.29 is 9.90 Å². The first-order valence-corrected chi connectivity index (χ1v) is 6.53. The van der Waals surface area contributed by atoms with Crippen LogP contribution in [0.15, 0.2) is 30.5 Å². The normalized spacial score (nSPS) is 10.8. The Kier molecular flexibility index (Phi) is 3.23. The number of benzene rings is 1. The third-order valence-corrected chi connectivity index (χ3v) is 3.31. The van der Waals surface area contributed by atoms with E-state index >= 15 is 0 Å². The number of phenols is 1. The second-order valence-corrected chi connectivity index (χ2v) is 4.98. The number of pyridine rings is 1. The van der Waals surface area contributed by atoms with Crippen LogP contribution in [0.1, 0.15) is 16.1 Å². The molecule has 3 N–H and O–H groups in total. The fraction of sp³-hybridized carbons (Fsp3) is 0.0714. The van der Waals surface area contributed by atoms with Crippen LogP contribution in [0.5, 0.6) is 5.75 Å². The Morgan fingerprint density at radius 2 is 2.19 bits per heavy atom. The van der Waals surface area contributed by atoms with Gasteiger partial charge in [0.05, 0.1) is 16.9 Å². The van der Waals surface area contributed by atoms with Crippen LogP contribution in [0.2, 0.25) is 5.02 Å². The number of phenolic OH excluding ortho intramolecular Hbond substituents is 1. The number of nitrogens with one attached hydrogen (secondary N) is 2. The van der Waals surface area contributed by atoms with E-state index in [1.54, 1.807) is 6.07 Å². The number of hydrogen-bond acceptors (Lipinski definition) is 4. The molecule has 2 aromatic heterocycles. The molecule has 0 spiro atoms. The minimum Gasteiger partial charge on any atom is -0.506 e. The van der Waals surface area contributed by atoms with E-state index in [1.165, 1.54) is 24.4 Å². The molecule has 0 fully saturated rings. The Labute approximate surface area is 124 Å². The topological polar surface area (TPSA) is 90.9 Å². The first-order valence-electron chi connectivity index (χ1n) is 6.15. The van der Waals surface area contributed by atoms with Crippen molar-refractivity contribution >= 4 is 34.2 Å². The number of carbonyl (C=O) groups is 1. The highest BCUT2D eigenvalue weighted by Crippen LogP contribution is 2.27. The van der Waals surface area contributed by atoms with Gasteiger partial charge in [-0.1, -0.05) is 11.6 Å². The zero-order chi connectivity index (χ0) is 15.0. The number of amides is 1. The first-order chi connectivity index (χ1) is 10.0. The van der Waals surface area contributed by atoms with Crippen LogP contribution >= 0.6 is 11.6 Å². The molecule has 0 saturated carbocycles. The van der Waals surface area contributed by atoms with E-state index in [4.69, 9.17) is 11.6 Å². The number of halogens is 1. The maximum Gasteiger partial charge on any atom is 0.257 e. The van der Waals surface area contributed by atoms with Gasteiger partial charge in [-0.3, -0.25) is 9.89 Å². The zero-order valence-corrected chi connectivity index (χ0v) is 11.8. The molecule has 0 saturated heterocycles. The monoisotopic (exact) mass is 302 g/mol. The molecule has 106 valence electrons. The summed E-state index contributed by atoms with van der Waals surface area (Å²) in [5.74, 6) is -0.441. The Morgan fingerprint density at radius 3 is 3.00 bits per heavy atom. The molecule has 0 aliphatic rings. The van der Waals surface area contributed by atoms with E-state index in [9.17, 15) is 9.90 Å². The van der Waals surface area contributed by atoms with Gasteiger partial charge in [0, 0.05) is 16.6 Å². The van der Waals surface area contributed by atoms with Crippen molar-refractivity contribution in [2.75, 3.05) is 5.32 Å². The fourth-order valence-corrected chi connectivity index (χ4v) is 2.13. The molecule has 1 amide bonds. The molecular formula is C14H11ClN4O2. The van der Waals surface area contributed by atoms with Gasteiger partial charge in [0.2, 0.25) is 0 Å². The second-order valence-electron chi connectivity index (χ2n) is 4.54. The molecule has 3 rings (SSSR count). The highest BCUT2D eigenvalue weighted by atomic mass is 35.5. The third kappa shape index (κ3) is 2.53. The Bertz CT molecular complexity index is 844. The summed E-state index contributed by atoms with van der Waals surface area (Å²) in [6.45, 7) is 1.82. The van der Waals surface area contributed by atoms with Gasteiger partial charge >= 0.3 is 0 Å². The number of fused-ring (bicyclic) bond motifs is 1. The zero-order valence-electron chi connectivity index (χ0n) is 11.0. The lowest BCUT2D eigenvalue weighted by molar-refractivity contribution is 0.102. The number of aromatic hydroxyl groups is 1. The number of nitrogens with zero attached hydrogens (tertiary/aromatic N) is 2. The predicted octanol–water partition coefficient (Wildman–Crippen LogP) is 2.88. The lowest BCUT2D eigenvalue weighted by Crippen LogP contribution is -2.12. The Morgan fingerprint density at radius 1 is 1.38 bits per heavy atom. The van der Waals surface area contributed by atoms with Crippen LogP contribution in [-0.2, 0) is 0 Å². The molecule has 0 radical (unpaired) electrons. The van der Waals surface area contributed by atoms with E-state index in [0.29, 0.717) is 16.2 Å². The van der Waals surface area contributed by atoms with Crippen molar-refractivity contribution in [3.63, 3.8) is 0 Å². The van der Waals surface area contributed by atoms with Gasteiger partial charge in [-0.15, -0.1) is 0 Å². The summed E-state index contributed by atoms with van der Waals surface area (Å²) in [5.41, 5.74) is 2.00. The molecule has 3 aromatic rings. The molecule has 0 atom stereocenters. The SMILES string of the molecule is Cc1n[nH]c2ncc(C(=O)Nc3cc(Cl)ccc3O)cc12. The average Bonchev–Trinajstić information content (AvgIpc) is 2.84. The smallest absolute Gasteiger partial charge is 0.257 e. The van der Waals surface area contributed by atoms with Crippen LogP contribution in [0.25, 0.3) is 11.0 Å².